The molecule has 0 bridgehead atoms. The van der Waals surface area contributed by atoms with Crippen LogP contribution in [0.3, 0.4) is 0 Å². The molecule has 1 aliphatic carbocycles. The maximum Gasteiger partial charge on any atom is 0.310 e. The summed E-state index contributed by atoms with van der Waals surface area (Å²) in [5, 5.41) is 12.0. The lowest BCUT2D eigenvalue weighted by molar-refractivity contribution is -0.157. The van der Waals surface area contributed by atoms with Gasteiger partial charge in [0.2, 0.25) is 12.7 Å². The number of hydrogen-bond acceptors (Lipinski definition) is 4. The highest BCUT2D eigenvalue weighted by Crippen LogP contribution is 2.44. The normalized spacial score (nSPS) is 17.9. The summed E-state index contributed by atoms with van der Waals surface area (Å²) in [4.78, 5) is 23.2. The summed E-state index contributed by atoms with van der Waals surface area (Å²) in [6, 6.07) is 5.47. The van der Waals surface area contributed by atoms with Crippen LogP contribution in [-0.4, -0.2) is 23.8 Å². The van der Waals surface area contributed by atoms with Crippen molar-refractivity contribution >= 4 is 11.9 Å². The molecule has 1 fully saturated rings. The van der Waals surface area contributed by atoms with E-state index < -0.39 is 11.4 Å². The average Bonchev–Trinajstić information content (AvgIpc) is 2.87. The van der Waals surface area contributed by atoms with Crippen molar-refractivity contribution in [3.8, 4) is 11.5 Å². The fourth-order valence-corrected chi connectivity index (χ4v) is 2.69. The lowest BCUT2D eigenvalue weighted by atomic mass is 9.66. The smallest absolute Gasteiger partial charge is 0.310 e. The fourth-order valence-electron chi connectivity index (χ4n) is 2.69. The Bertz CT molecular complexity index is 579. The number of carboxylic acids is 1. The summed E-state index contributed by atoms with van der Waals surface area (Å²) < 4.78 is 10.5. The standard InChI is InChI=1S/C15H17NO5/c17-13(7-15(14(18)19)4-1-5-15)16-8-10-2-3-11-12(6-10)21-9-20-11/h2-3,6H,1,4-5,7-9H2,(H,16,17)(H,18,19). The summed E-state index contributed by atoms with van der Waals surface area (Å²) in [5.74, 6) is 0.272. The number of amides is 1. The van der Waals surface area contributed by atoms with Crippen molar-refractivity contribution in [3.63, 3.8) is 0 Å². The molecule has 1 saturated carbocycles. The third-order valence-electron chi connectivity index (χ3n) is 4.19. The minimum atomic E-state index is -0.869. The first-order valence-electron chi connectivity index (χ1n) is 6.98. The van der Waals surface area contributed by atoms with E-state index in [-0.39, 0.29) is 19.1 Å². The zero-order chi connectivity index (χ0) is 14.9. The quantitative estimate of drug-likeness (QED) is 0.862. The number of carboxylic acid groups (broad SMARTS) is 1. The van der Waals surface area contributed by atoms with Gasteiger partial charge in [-0.25, -0.2) is 0 Å². The molecule has 0 unspecified atom stereocenters. The molecule has 21 heavy (non-hydrogen) atoms. The van der Waals surface area contributed by atoms with Gasteiger partial charge in [-0.3, -0.25) is 9.59 Å². The molecule has 2 aliphatic rings. The van der Waals surface area contributed by atoms with Gasteiger partial charge >= 0.3 is 5.97 Å². The molecule has 112 valence electrons. The second-order valence-corrected chi connectivity index (χ2v) is 5.58. The number of benzene rings is 1. The van der Waals surface area contributed by atoms with Crippen LogP contribution in [0.2, 0.25) is 0 Å². The maximum absolute atomic E-state index is 11.9. The molecule has 1 aromatic rings. The van der Waals surface area contributed by atoms with E-state index in [4.69, 9.17) is 9.47 Å². The molecule has 6 heteroatoms. The zero-order valence-corrected chi connectivity index (χ0v) is 11.6. The Morgan fingerprint density at radius 3 is 2.67 bits per heavy atom. The largest absolute Gasteiger partial charge is 0.481 e. The number of carbonyl (C=O) groups excluding carboxylic acids is 1. The molecule has 1 amide bonds. The number of hydrogen-bond donors (Lipinski definition) is 2. The van der Waals surface area contributed by atoms with E-state index in [0.29, 0.717) is 30.9 Å². The Morgan fingerprint density at radius 1 is 1.24 bits per heavy atom. The Hall–Kier alpha value is -2.24. The minimum Gasteiger partial charge on any atom is -0.481 e. The van der Waals surface area contributed by atoms with Crippen LogP contribution in [0.15, 0.2) is 18.2 Å². The second kappa shape index (κ2) is 5.27. The highest BCUT2D eigenvalue weighted by Gasteiger charge is 2.45. The Morgan fingerprint density at radius 2 is 2.00 bits per heavy atom. The lowest BCUT2D eigenvalue weighted by Gasteiger charge is -2.36. The third kappa shape index (κ3) is 2.66. The van der Waals surface area contributed by atoms with Gasteiger partial charge in [-0.05, 0) is 30.5 Å². The Labute approximate surface area is 122 Å². The van der Waals surface area contributed by atoms with Gasteiger partial charge in [-0.2, -0.15) is 0 Å². The van der Waals surface area contributed by atoms with Crippen LogP contribution in [-0.2, 0) is 16.1 Å². The third-order valence-corrected chi connectivity index (χ3v) is 4.19. The van der Waals surface area contributed by atoms with Crippen LogP contribution in [0.25, 0.3) is 0 Å². The van der Waals surface area contributed by atoms with Gasteiger partial charge in [0.1, 0.15) is 0 Å². The molecule has 1 heterocycles. The van der Waals surface area contributed by atoms with Gasteiger partial charge in [0.15, 0.2) is 11.5 Å². The van der Waals surface area contributed by atoms with E-state index in [1.165, 1.54) is 0 Å². The van der Waals surface area contributed by atoms with E-state index in [9.17, 15) is 14.7 Å². The molecule has 0 radical (unpaired) electrons. The van der Waals surface area contributed by atoms with Crippen molar-refractivity contribution in [1.82, 2.24) is 5.32 Å². The molecule has 0 aromatic heterocycles. The van der Waals surface area contributed by atoms with Gasteiger partial charge in [0, 0.05) is 13.0 Å². The Balaban J connectivity index is 1.55. The molecule has 3 rings (SSSR count). The van der Waals surface area contributed by atoms with E-state index >= 15 is 0 Å². The van der Waals surface area contributed by atoms with E-state index in [1.807, 2.05) is 12.1 Å². The first kappa shape index (κ1) is 13.7. The Kier molecular flexibility index (Phi) is 3.45. The first-order valence-corrected chi connectivity index (χ1v) is 6.98. The van der Waals surface area contributed by atoms with Crippen LogP contribution in [0.4, 0.5) is 0 Å². The van der Waals surface area contributed by atoms with Crippen molar-refractivity contribution in [2.45, 2.75) is 32.2 Å². The summed E-state index contributed by atoms with van der Waals surface area (Å²) in [6.07, 6.45) is 2.09. The number of nitrogens with one attached hydrogen (secondary N) is 1. The monoisotopic (exact) mass is 291 g/mol. The van der Waals surface area contributed by atoms with Crippen molar-refractivity contribution < 1.29 is 24.2 Å². The minimum absolute atomic E-state index is 0.0485. The molecule has 0 atom stereocenters. The number of ether oxygens (including phenoxy) is 2. The van der Waals surface area contributed by atoms with Crippen LogP contribution < -0.4 is 14.8 Å². The predicted octanol–water partition coefficient (Wildman–Crippen LogP) is 1.68. The van der Waals surface area contributed by atoms with E-state index in [0.717, 1.165) is 12.0 Å². The number of carbonyl (C=O) groups is 2. The van der Waals surface area contributed by atoms with Gasteiger partial charge in [0.05, 0.1) is 5.41 Å². The average molecular weight is 291 g/mol. The summed E-state index contributed by atoms with van der Waals surface area (Å²) in [7, 11) is 0. The fraction of sp³-hybridized carbons (Fsp3) is 0.467. The number of rotatable bonds is 5. The van der Waals surface area contributed by atoms with Gasteiger partial charge in [-0.15, -0.1) is 0 Å². The van der Waals surface area contributed by atoms with Gasteiger partial charge in [0.25, 0.3) is 0 Å². The molecule has 1 aromatic carbocycles. The van der Waals surface area contributed by atoms with Crippen LogP contribution >= 0.6 is 0 Å². The maximum atomic E-state index is 11.9. The molecule has 6 nitrogen and oxygen atoms in total. The predicted molar refractivity (Wildman–Crippen MR) is 72.9 cm³/mol. The second-order valence-electron chi connectivity index (χ2n) is 5.58. The van der Waals surface area contributed by atoms with Crippen LogP contribution in [0.5, 0.6) is 11.5 Å². The van der Waals surface area contributed by atoms with Gasteiger partial charge < -0.3 is 19.9 Å². The lowest BCUT2D eigenvalue weighted by Crippen LogP contribution is -2.42. The van der Waals surface area contributed by atoms with Gasteiger partial charge in [-0.1, -0.05) is 12.5 Å². The first-order chi connectivity index (χ1) is 10.1. The highest BCUT2D eigenvalue weighted by molar-refractivity contribution is 5.85. The van der Waals surface area contributed by atoms with Crippen molar-refractivity contribution in [2.24, 2.45) is 5.41 Å². The zero-order valence-electron chi connectivity index (χ0n) is 11.6. The molecule has 0 saturated heterocycles. The SMILES string of the molecule is O=C(CC1(C(=O)O)CCC1)NCc1ccc2c(c1)OCO2. The van der Waals surface area contributed by atoms with E-state index in [1.54, 1.807) is 6.07 Å². The van der Waals surface area contributed by atoms with Crippen molar-refractivity contribution in [3.05, 3.63) is 23.8 Å². The number of fused-ring (bicyclic) bond motifs is 1. The molecule has 0 spiro atoms. The highest BCUT2D eigenvalue weighted by atomic mass is 16.7. The molecule has 2 N–H and O–H groups in total. The summed E-state index contributed by atoms with van der Waals surface area (Å²) in [5.41, 5.74) is 0.0458. The van der Waals surface area contributed by atoms with E-state index in [2.05, 4.69) is 5.32 Å². The van der Waals surface area contributed by atoms with Crippen molar-refractivity contribution in [2.75, 3.05) is 6.79 Å². The molecule has 1 aliphatic heterocycles. The molecular formula is C15H17NO5. The van der Waals surface area contributed by atoms with Crippen molar-refractivity contribution in [1.29, 1.82) is 0 Å². The topological polar surface area (TPSA) is 84.9 Å². The van der Waals surface area contributed by atoms with Crippen LogP contribution in [0.1, 0.15) is 31.2 Å². The summed E-state index contributed by atoms with van der Waals surface area (Å²) >= 11 is 0. The summed E-state index contributed by atoms with van der Waals surface area (Å²) in [6.45, 7) is 0.567. The molecular weight excluding hydrogens is 274 g/mol. The van der Waals surface area contributed by atoms with Crippen LogP contribution in [0, 0.1) is 5.41 Å². The number of aliphatic carboxylic acids is 1.